The van der Waals surface area contributed by atoms with Crippen LogP contribution in [0.15, 0.2) is 42.6 Å². The quantitative estimate of drug-likeness (QED) is 0.900. The monoisotopic (exact) mass is 244 g/mol. The molecule has 1 heterocycles. The lowest BCUT2D eigenvalue weighted by Crippen LogP contribution is -2.38. The first-order valence-corrected chi connectivity index (χ1v) is 6.05. The maximum Gasteiger partial charge on any atom is 0.128 e. The van der Waals surface area contributed by atoms with Crippen LogP contribution in [0.3, 0.4) is 0 Å². The van der Waals surface area contributed by atoms with Gasteiger partial charge >= 0.3 is 0 Å². The van der Waals surface area contributed by atoms with Crippen molar-refractivity contribution in [1.29, 1.82) is 0 Å². The van der Waals surface area contributed by atoms with Gasteiger partial charge in [-0.05, 0) is 31.0 Å². The van der Waals surface area contributed by atoms with Gasteiger partial charge in [0.15, 0.2) is 0 Å². The molecule has 2 rings (SSSR count). The molecule has 2 N–H and O–H groups in total. The third kappa shape index (κ3) is 2.14. The van der Waals surface area contributed by atoms with E-state index < -0.39 is 5.54 Å². The van der Waals surface area contributed by atoms with Crippen molar-refractivity contribution in [1.82, 2.24) is 4.98 Å². The summed E-state index contributed by atoms with van der Waals surface area (Å²) in [6.07, 6.45) is 2.34. The van der Waals surface area contributed by atoms with Crippen molar-refractivity contribution in [3.05, 3.63) is 65.2 Å². The number of halogens is 1. The average Bonchev–Trinajstić information content (AvgIpc) is 2.39. The number of pyridine rings is 1. The van der Waals surface area contributed by atoms with Crippen molar-refractivity contribution < 1.29 is 4.39 Å². The van der Waals surface area contributed by atoms with Gasteiger partial charge in [0.25, 0.3) is 0 Å². The summed E-state index contributed by atoms with van der Waals surface area (Å²) in [7, 11) is 0. The van der Waals surface area contributed by atoms with Crippen molar-refractivity contribution in [3.63, 3.8) is 0 Å². The minimum Gasteiger partial charge on any atom is -0.318 e. The predicted molar refractivity (Wildman–Crippen MR) is 70.6 cm³/mol. The van der Waals surface area contributed by atoms with Gasteiger partial charge in [0.2, 0.25) is 0 Å². The molecule has 0 radical (unpaired) electrons. The first-order chi connectivity index (χ1) is 8.58. The lowest BCUT2D eigenvalue weighted by molar-refractivity contribution is 0.478. The Balaban J connectivity index is 2.55. The zero-order valence-corrected chi connectivity index (χ0v) is 10.7. The van der Waals surface area contributed by atoms with Gasteiger partial charge in [-0.2, -0.15) is 0 Å². The minimum absolute atomic E-state index is 0.276. The van der Waals surface area contributed by atoms with Crippen LogP contribution in [0.5, 0.6) is 0 Å². The van der Waals surface area contributed by atoms with Crippen molar-refractivity contribution in [2.45, 2.75) is 25.8 Å². The van der Waals surface area contributed by atoms with Crippen LogP contribution in [0.4, 0.5) is 4.39 Å². The molecule has 0 aliphatic heterocycles. The fourth-order valence-corrected chi connectivity index (χ4v) is 2.10. The number of benzene rings is 1. The second-order valence-corrected chi connectivity index (χ2v) is 4.49. The highest BCUT2D eigenvalue weighted by molar-refractivity contribution is 5.37. The summed E-state index contributed by atoms with van der Waals surface area (Å²) in [5.74, 6) is -0.276. The fraction of sp³-hybridized carbons (Fsp3) is 0.267. The number of nitrogens with zero attached hydrogens (tertiary/aromatic N) is 1. The Hall–Kier alpha value is -1.74. The Bertz CT molecular complexity index is 536. The molecule has 1 aromatic carbocycles. The predicted octanol–water partition coefficient (Wildman–Crippen LogP) is 3.14. The molecule has 0 saturated carbocycles. The molecule has 94 valence electrons. The zero-order chi connectivity index (χ0) is 13.2. The van der Waals surface area contributed by atoms with E-state index in [4.69, 9.17) is 5.73 Å². The normalized spacial score (nSPS) is 14.2. The molecule has 18 heavy (non-hydrogen) atoms. The van der Waals surface area contributed by atoms with Crippen LogP contribution in [0.1, 0.15) is 30.2 Å². The summed E-state index contributed by atoms with van der Waals surface area (Å²) in [4.78, 5) is 4.25. The van der Waals surface area contributed by atoms with Crippen LogP contribution in [0.2, 0.25) is 0 Å². The van der Waals surface area contributed by atoms with Crippen LogP contribution in [0.25, 0.3) is 0 Å². The molecule has 0 amide bonds. The van der Waals surface area contributed by atoms with E-state index >= 15 is 0 Å². The largest absolute Gasteiger partial charge is 0.318 e. The maximum absolute atomic E-state index is 13.9. The van der Waals surface area contributed by atoms with Gasteiger partial charge in [0.05, 0.1) is 5.54 Å². The second-order valence-electron chi connectivity index (χ2n) is 4.49. The number of hydrogen-bond donors (Lipinski definition) is 1. The molecule has 1 unspecified atom stereocenters. The molecular weight excluding hydrogens is 227 g/mol. The Kier molecular flexibility index (Phi) is 3.43. The van der Waals surface area contributed by atoms with Crippen molar-refractivity contribution in [3.8, 4) is 0 Å². The Morgan fingerprint density at radius 3 is 2.50 bits per heavy atom. The standard InChI is InChI=1S/C15H17FN2/c1-3-15(17,12-9-8-11(2)18-10-12)13-6-4-5-7-14(13)16/h4-10H,3,17H2,1-2H3. The van der Waals surface area contributed by atoms with E-state index in [0.29, 0.717) is 12.0 Å². The maximum atomic E-state index is 13.9. The fourth-order valence-electron chi connectivity index (χ4n) is 2.10. The van der Waals surface area contributed by atoms with Crippen molar-refractivity contribution >= 4 is 0 Å². The highest BCUT2D eigenvalue weighted by Crippen LogP contribution is 2.31. The minimum atomic E-state index is -0.827. The smallest absolute Gasteiger partial charge is 0.128 e. The van der Waals surface area contributed by atoms with Crippen LogP contribution in [-0.4, -0.2) is 4.98 Å². The average molecular weight is 244 g/mol. The van der Waals surface area contributed by atoms with Crippen LogP contribution >= 0.6 is 0 Å². The molecule has 3 heteroatoms. The van der Waals surface area contributed by atoms with Gasteiger partial charge in [0, 0.05) is 17.5 Å². The summed E-state index contributed by atoms with van der Waals surface area (Å²) < 4.78 is 13.9. The van der Waals surface area contributed by atoms with Gasteiger partial charge in [-0.15, -0.1) is 0 Å². The van der Waals surface area contributed by atoms with Crippen molar-refractivity contribution in [2.24, 2.45) is 5.73 Å². The molecule has 0 bridgehead atoms. The third-order valence-electron chi connectivity index (χ3n) is 3.34. The summed E-state index contributed by atoms with van der Waals surface area (Å²) >= 11 is 0. The second kappa shape index (κ2) is 4.86. The summed E-state index contributed by atoms with van der Waals surface area (Å²) in [6.45, 7) is 3.86. The molecule has 0 aliphatic carbocycles. The van der Waals surface area contributed by atoms with E-state index in [1.807, 2.05) is 26.0 Å². The molecule has 0 saturated heterocycles. The van der Waals surface area contributed by atoms with Gasteiger partial charge in [-0.25, -0.2) is 4.39 Å². The Morgan fingerprint density at radius 1 is 1.22 bits per heavy atom. The molecule has 2 nitrogen and oxygen atoms in total. The first-order valence-electron chi connectivity index (χ1n) is 6.05. The highest BCUT2D eigenvalue weighted by atomic mass is 19.1. The van der Waals surface area contributed by atoms with Crippen molar-refractivity contribution in [2.75, 3.05) is 0 Å². The Labute approximate surface area is 107 Å². The number of aryl methyl sites for hydroxylation is 1. The molecular formula is C15H17FN2. The molecule has 0 spiro atoms. The molecule has 1 atom stereocenters. The van der Waals surface area contributed by atoms with E-state index in [2.05, 4.69) is 4.98 Å². The number of aromatic nitrogens is 1. The van der Waals surface area contributed by atoms with E-state index in [1.54, 1.807) is 24.4 Å². The van der Waals surface area contributed by atoms with Crippen LogP contribution in [0, 0.1) is 12.7 Å². The topological polar surface area (TPSA) is 38.9 Å². The van der Waals surface area contributed by atoms with Gasteiger partial charge in [-0.1, -0.05) is 31.2 Å². The van der Waals surface area contributed by atoms with Crippen LogP contribution < -0.4 is 5.73 Å². The van der Waals surface area contributed by atoms with E-state index in [1.165, 1.54) is 6.07 Å². The number of hydrogen-bond acceptors (Lipinski definition) is 2. The molecule has 0 aliphatic rings. The van der Waals surface area contributed by atoms with E-state index in [9.17, 15) is 4.39 Å². The van der Waals surface area contributed by atoms with Crippen LogP contribution in [-0.2, 0) is 5.54 Å². The van der Waals surface area contributed by atoms with Gasteiger partial charge < -0.3 is 5.73 Å². The lowest BCUT2D eigenvalue weighted by atomic mass is 9.82. The number of nitrogens with two attached hydrogens (primary N) is 1. The third-order valence-corrected chi connectivity index (χ3v) is 3.34. The highest BCUT2D eigenvalue weighted by Gasteiger charge is 2.30. The molecule has 2 aromatic rings. The SMILES string of the molecule is CCC(N)(c1ccc(C)nc1)c1ccccc1F. The van der Waals surface area contributed by atoms with E-state index in [-0.39, 0.29) is 5.82 Å². The zero-order valence-electron chi connectivity index (χ0n) is 10.7. The summed E-state index contributed by atoms with van der Waals surface area (Å²) in [5, 5.41) is 0. The van der Waals surface area contributed by atoms with Gasteiger partial charge in [-0.3, -0.25) is 4.98 Å². The van der Waals surface area contributed by atoms with Gasteiger partial charge in [0.1, 0.15) is 5.82 Å². The molecule has 0 fully saturated rings. The summed E-state index contributed by atoms with van der Waals surface area (Å²) in [6, 6.07) is 10.5. The summed E-state index contributed by atoms with van der Waals surface area (Å²) in [5.41, 5.74) is 7.85. The lowest BCUT2D eigenvalue weighted by Gasteiger charge is -2.29. The number of rotatable bonds is 3. The first kappa shape index (κ1) is 12.7. The van der Waals surface area contributed by atoms with E-state index in [0.717, 1.165) is 11.3 Å². The molecule has 1 aromatic heterocycles. The Morgan fingerprint density at radius 2 is 1.94 bits per heavy atom.